The molecular formula is C13H17N3OS. The SMILES string of the molecule is CCc1cc(NC(=O)c2cc(C)c(CC)s2)n[nH]1. The van der Waals surface area contributed by atoms with E-state index in [2.05, 4.69) is 22.4 Å². The van der Waals surface area contributed by atoms with Crippen molar-refractivity contribution in [1.29, 1.82) is 0 Å². The number of aromatic nitrogens is 2. The van der Waals surface area contributed by atoms with Gasteiger partial charge in [0.2, 0.25) is 0 Å². The topological polar surface area (TPSA) is 57.8 Å². The van der Waals surface area contributed by atoms with E-state index >= 15 is 0 Å². The van der Waals surface area contributed by atoms with Crippen molar-refractivity contribution in [1.82, 2.24) is 10.2 Å². The predicted octanol–water partition coefficient (Wildman–Crippen LogP) is 3.16. The van der Waals surface area contributed by atoms with Crippen molar-refractivity contribution in [3.05, 3.63) is 33.1 Å². The smallest absolute Gasteiger partial charge is 0.266 e. The van der Waals surface area contributed by atoms with Gasteiger partial charge in [-0.2, -0.15) is 5.10 Å². The molecule has 1 amide bonds. The Hall–Kier alpha value is -1.62. The van der Waals surface area contributed by atoms with Crippen molar-refractivity contribution in [3.8, 4) is 0 Å². The Morgan fingerprint density at radius 3 is 2.72 bits per heavy atom. The van der Waals surface area contributed by atoms with Crippen LogP contribution in [0.1, 0.15) is 39.7 Å². The molecule has 0 radical (unpaired) electrons. The Bertz CT molecular complexity index is 556. The van der Waals surface area contributed by atoms with Crippen LogP contribution in [0.3, 0.4) is 0 Å². The van der Waals surface area contributed by atoms with E-state index in [4.69, 9.17) is 0 Å². The first-order valence-electron chi connectivity index (χ1n) is 6.09. The highest BCUT2D eigenvalue weighted by Gasteiger charge is 2.12. The molecule has 96 valence electrons. The Morgan fingerprint density at radius 1 is 1.39 bits per heavy atom. The van der Waals surface area contributed by atoms with Gasteiger partial charge >= 0.3 is 0 Å². The molecule has 0 aliphatic carbocycles. The van der Waals surface area contributed by atoms with E-state index in [9.17, 15) is 4.79 Å². The van der Waals surface area contributed by atoms with Crippen LogP contribution in [-0.4, -0.2) is 16.1 Å². The molecule has 0 aliphatic heterocycles. The van der Waals surface area contributed by atoms with Crippen LogP contribution in [0.4, 0.5) is 5.82 Å². The summed E-state index contributed by atoms with van der Waals surface area (Å²) in [7, 11) is 0. The minimum atomic E-state index is -0.0862. The highest BCUT2D eigenvalue weighted by atomic mass is 32.1. The van der Waals surface area contributed by atoms with Gasteiger partial charge in [-0.15, -0.1) is 11.3 Å². The quantitative estimate of drug-likeness (QED) is 0.890. The normalized spacial score (nSPS) is 10.6. The number of carbonyl (C=O) groups is 1. The summed E-state index contributed by atoms with van der Waals surface area (Å²) in [5.41, 5.74) is 2.20. The molecule has 0 saturated carbocycles. The molecule has 0 fully saturated rings. The Balaban J connectivity index is 2.11. The average molecular weight is 263 g/mol. The summed E-state index contributed by atoms with van der Waals surface area (Å²) in [5.74, 6) is 0.498. The van der Waals surface area contributed by atoms with Crippen LogP contribution >= 0.6 is 11.3 Å². The van der Waals surface area contributed by atoms with Crippen LogP contribution in [-0.2, 0) is 12.8 Å². The number of nitrogens with one attached hydrogen (secondary N) is 2. The zero-order chi connectivity index (χ0) is 13.1. The number of aryl methyl sites for hydroxylation is 3. The fourth-order valence-electron chi connectivity index (χ4n) is 1.77. The fraction of sp³-hybridized carbons (Fsp3) is 0.385. The van der Waals surface area contributed by atoms with E-state index in [1.165, 1.54) is 10.4 Å². The first-order valence-corrected chi connectivity index (χ1v) is 6.90. The average Bonchev–Trinajstić information content (AvgIpc) is 2.95. The first kappa shape index (κ1) is 12.8. The standard InChI is InChI=1S/C13H17N3OS/c1-4-9-7-12(16-15-9)14-13(17)11-6-8(3)10(5-2)18-11/h6-7H,4-5H2,1-3H3,(H2,14,15,16,17). The summed E-state index contributed by atoms with van der Waals surface area (Å²) in [6, 6.07) is 3.80. The van der Waals surface area contributed by atoms with E-state index in [0.29, 0.717) is 5.82 Å². The molecular weight excluding hydrogens is 246 g/mol. The summed E-state index contributed by atoms with van der Waals surface area (Å²) < 4.78 is 0. The molecule has 18 heavy (non-hydrogen) atoms. The molecule has 2 aromatic heterocycles. The number of hydrogen-bond acceptors (Lipinski definition) is 3. The molecule has 5 heteroatoms. The fourth-order valence-corrected chi connectivity index (χ4v) is 2.78. The number of hydrogen-bond donors (Lipinski definition) is 2. The van der Waals surface area contributed by atoms with E-state index < -0.39 is 0 Å². The summed E-state index contributed by atoms with van der Waals surface area (Å²) >= 11 is 1.55. The molecule has 0 unspecified atom stereocenters. The zero-order valence-electron chi connectivity index (χ0n) is 10.8. The maximum Gasteiger partial charge on any atom is 0.266 e. The van der Waals surface area contributed by atoms with Crippen molar-refractivity contribution in [2.75, 3.05) is 5.32 Å². The third-order valence-electron chi connectivity index (χ3n) is 2.82. The highest BCUT2D eigenvalue weighted by Crippen LogP contribution is 2.23. The number of amides is 1. The third kappa shape index (κ3) is 2.61. The van der Waals surface area contributed by atoms with Gasteiger partial charge in [0.1, 0.15) is 0 Å². The van der Waals surface area contributed by atoms with Crippen LogP contribution in [0.25, 0.3) is 0 Å². The zero-order valence-corrected chi connectivity index (χ0v) is 11.6. The van der Waals surface area contributed by atoms with Gasteiger partial charge in [-0.25, -0.2) is 0 Å². The molecule has 2 aromatic rings. The number of aromatic amines is 1. The van der Waals surface area contributed by atoms with Gasteiger partial charge in [-0.05, 0) is 31.4 Å². The number of anilines is 1. The molecule has 0 aliphatic rings. The van der Waals surface area contributed by atoms with Gasteiger partial charge < -0.3 is 5.32 Å². The van der Waals surface area contributed by atoms with Gasteiger partial charge in [0.15, 0.2) is 5.82 Å². The molecule has 2 N–H and O–H groups in total. The van der Waals surface area contributed by atoms with E-state index in [-0.39, 0.29) is 5.91 Å². The van der Waals surface area contributed by atoms with Gasteiger partial charge in [0.25, 0.3) is 5.91 Å². The molecule has 0 spiro atoms. The lowest BCUT2D eigenvalue weighted by Crippen LogP contribution is -2.10. The molecule has 0 bridgehead atoms. The molecule has 0 atom stereocenters. The van der Waals surface area contributed by atoms with Crippen molar-refractivity contribution in [2.45, 2.75) is 33.6 Å². The van der Waals surface area contributed by atoms with Crippen LogP contribution in [0, 0.1) is 6.92 Å². The monoisotopic (exact) mass is 263 g/mol. The second-order valence-corrected chi connectivity index (χ2v) is 5.29. The summed E-state index contributed by atoms with van der Waals surface area (Å²) in [6.45, 7) is 6.17. The molecule has 0 saturated heterocycles. The lowest BCUT2D eigenvalue weighted by atomic mass is 10.2. The minimum Gasteiger partial charge on any atom is -0.304 e. The molecule has 2 rings (SSSR count). The van der Waals surface area contributed by atoms with Crippen molar-refractivity contribution < 1.29 is 4.79 Å². The maximum atomic E-state index is 12.0. The first-order chi connectivity index (χ1) is 8.63. The number of thiophene rings is 1. The van der Waals surface area contributed by atoms with E-state index in [0.717, 1.165) is 23.4 Å². The van der Waals surface area contributed by atoms with Crippen LogP contribution < -0.4 is 5.32 Å². The molecule has 2 heterocycles. The Morgan fingerprint density at radius 2 is 2.17 bits per heavy atom. The minimum absolute atomic E-state index is 0.0862. The second kappa shape index (κ2) is 5.35. The number of H-pyrrole nitrogens is 1. The van der Waals surface area contributed by atoms with Crippen molar-refractivity contribution in [3.63, 3.8) is 0 Å². The van der Waals surface area contributed by atoms with Crippen molar-refractivity contribution in [2.24, 2.45) is 0 Å². The van der Waals surface area contributed by atoms with E-state index in [1.54, 1.807) is 11.3 Å². The Kier molecular flexibility index (Phi) is 3.81. The summed E-state index contributed by atoms with van der Waals surface area (Å²) in [4.78, 5) is 14.0. The number of nitrogens with zero attached hydrogens (tertiary/aromatic N) is 1. The second-order valence-electron chi connectivity index (χ2n) is 4.16. The number of rotatable bonds is 4. The van der Waals surface area contributed by atoms with Crippen LogP contribution in [0.2, 0.25) is 0 Å². The third-order valence-corrected chi connectivity index (χ3v) is 4.20. The molecule has 0 aromatic carbocycles. The van der Waals surface area contributed by atoms with Gasteiger partial charge in [0.05, 0.1) is 4.88 Å². The predicted molar refractivity (Wildman–Crippen MR) is 74.4 cm³/mol. The Labute approximate surface area is 110 Å². The lowest BCUT2D eigenvalue weighted by Gasteiger charge is -1.97. The molecule has 4 nitrogen and oxygen atoms in total. The number of carbonyl (C=O) groups excluding carboxylic acids is 1. The van der Waals surface area contributed by atoms with Gasteiger partial charge in [0, 0.05) is 16.6 Å². The summed E-state index contributed by atoms with van der Waals surface area (Å²) in [5, 5.41) is 9.73. The van der Waals surface area contributed by atoms with Crippen LogP contribution in [0.15, 0.2) is 12.1 Å². The van der Waals surface area contributed by atoms with Gasteiger partial charge in [-0.3, -0.25) is 9.89 Å². The maximum absolute atomic E-state index is 12.0. The van der Waals surface area contributed by atoms with E-state index in [1.807, 2.05) is 26.0 Å². The van der Waals surface area contributed by atoms with Gasteiger partial charge in [-0.1, -0.05) is 13.8 Å². The van der Waals surface area contributed by atoms with Crippen LogP contribution in [0.5, 0.6) is 0 Å². The summed E-state index contributed by atoms with van der Waals surface area (Å²) in [6.07, 6.45) is 1.84. The highest BCUT2D eigenvalue weighted by molar-refractivity contribution is 7.14. The lowest BCUT2D eigenvalue weighted by molar-refractivity contribution is 0.103. The largest absolute Gasteiger partial charge is 0.304 e. The van der Waals surface area contributed by atoms with Crippen molar-refractivity contribution >= 4 is 23.1 Å².